The number of nitrogens with one attached hydrogen (secondary N) is 1. The Morgan fingerprint density at radius 2 is 1.85 bits per heavy atom. The third-order valence-electron chi connectivity index (χ3n) is 6.72. The molecule has 2 aliphatic rings. The number of carbonyl (C=O) groups is 1. The van der Waals surface area contributed by atoms with Crippen molar-refractivity contribution in [1.29, 1.82) is 0 Å². The fourth-order valence-electron chi connectivity index (χ4n) is 4.96. The zero-order valence-corrected chi connectivity index (χ0v) is 17.9. The lowest BCUT2D eigenvalue weighted by Crippen LogP contribution is -2.38. The van der Waals surface area contributed by atoms with Gasteiger partial charge in [0.1, 0.15) is 17.2 Å². The first-order valence-corrected chi connectivity index (χ1v) is 11.1. The number of aromatic nitrogens is 4. The van der Waals surface area contributed by atoms with Gasteiger partial charge in [0, 0.05) is 23.9 Å². The molecular formula is C25H22FN5O2. The van der Waals surface area contributed by atoms with E-state index in [2.05, 4.69) is 15.0 Å². The van der Waals surface area contributed by atoms with E-state index in [9.17, 15) is 9.18 Å². The molecule has 1 spiro atoms. The molecular weight excluding hydrogens is 421 g/mol. The molecule has 33 heavy (non-hydrogen) atoms. The van der Waals surface area contributed by atoms with Crippen LogP contribution in [0.15, 0.2) is 60.9 Å². The number of benzene rings is 2. The molecule has 1 aliphatic heterocycles. The number of rotatable bonds is 3. The van der Waals surface area contributed by atoms with E-state index in [4.69, 9.17) is 9.72 Å². The van der Waals surface area contributed by atoms with E-state index in [1.807, 2.05) is 18.2 Å². The Labute approximate surface area is 189 Å². The summed E-state index contributed by atoms with van der Waals surface area (Å²) in [6.07, 6.45) is 6.09. The molecule has 2 aromatic carbocycles. The van der Waals surface area contributed by atoms with Crippen LogP contribution in [0.5, 0.6) is 0 Å². The average molecular weight is 443 g/mol. The maximum Gasteiger partial charge on any atom is 0.415 e. The number of halogens is 1. The van der Waals surface area contributed by atoms with Gasteiger partial charge in [-0.2, -0.15) is 0 Å². The van der Waals surface area contributed by atoms with Gasteiger partial charge in [-0.3, -0.25) is 4.90 Å². The summed E-state index contributed by atoms with van der Waals surface area (Å²) in [5.74, 6) is 1.45. The van der Waals surface area contributed by atoms with Gasteiger partial charge < -0.3 is 9.72 Å². The number of aromatic amines is 1. The van der Waals surface area contributed by atoms with Gasteiger partial charge >= 0.3 is 6.09 Å². The van der Waals surface area contributed by atoms with Gasteiger partial charge in [-0.1, -0.05) is 12.1 Å². The van der Waals surface area contributed by atoms with Gasteiger partial charge in [0.2, 0.25) is 0 Å². The van der Waals surface area contributed by atoms with E-state index in [0.29, 0.717) is 25.2 Å². The summed E-state index contributed by atoms with van der Waals surface area (Å²) in [5.41, 5.74) is 2.49. The van der Waals surface area contributed by atoms with E-state index >= 15 is 0 Å². The number of ether oxygens (including phenoxy) is 1. The van der Waals surface area contributed by atoms with Crippen LogP contribution < -0.4 is 4.90 Å². The number of anilines is 1. The molecule has 1 saturated heterocycles. The number of nitrogens with zero attached hydrogens (tertiary/aromatic N) is 4. The van der Waals surface area contributed by atoms with Crippen molar-refractivity contribution in [3.63, 3.8) is 0 Å². The number of hydrogen-bond acceptors (Lipinski definition) is 5. The topological polar surface area (TPSA) is 84.0 Å². The number of carbonyl (C=O) groups excluding carboxylic acids is 1. The van der Waals surface area contributed by atoms with Crippen LogP contribution in [0.1, 0.15) is 37.4 Å². The summed E-state index contributed by atoms with van der Waals surface area (Å²) < 4.78 is 20.0. The van der Waals surface area contributed by atoms with Gasteiger partial charge in [0.25, 0.3) is 0 Å². The molecule has 0 unspecified atom stereocenters. The van der Waals surface area contributed by atoms with Gasteiger partial charge in [-0.15, -0.1) is 0 Å². The fraction of sp³-hybridized carbons (Fsp3) is 0.280. The molecule has 8 heteroatoms. The Hall–Kier alpha value is -3.81. The smallest absolute Gasteiger partial charge is 0.415 e. The summed E-state index contributed by atoms with van der Waals surface area (Å²) in [6.45, 7) is 0.375. The van der Waals surface area contributed by atoms with Crippen LogP contribution in [-0.2, 0) is 4.74 Å². The van der Waals surface area contributed by atoms with Crippen molar-refractivity contribution in [2.24, 2.45) is 0 Å². The minimum absolute atomic E-state index is 0.251. The first kappa shape index (κ1) is 19.8. The third-order valence-corrected chi connectivity index (χ3v) is 6.72. The SMILES string of the molecule is O=C1OC2(CCC(c3nc4cc(-c5ncccn5)ccc4[nH]3)CC2)CN1c1ccccc1F. The molecule has 7 nitrogen and oxygen atoms in total. The van der Waals surface area contributed by atoms with E-state index in [1.165, 1.54) is 11.0 Å². The van der Waals surface area contributed by atoms with Crippen LogP contribution >= 0.6 is 0 Å². The predicted octanol–water partition coefficient (Wildman–Crippen LogP) is 5.21. The van der Waals surface area contributed by atoms with Crippen LogP contribution in [-0.4, -0.2) is 38.2 Å². The molecule has 2 aromatic heterocycles. The maximum absolute atomic E-state index is 14.2. The Balaban J connectivity index is 1.19. The van der Waals surface area contributed by atoms with Crippen LogP contribution in [0.4, 0.5) is 14.9 Å². The predicted molar refractivity (Wildman–Crippen MR) is 121 cm³/mol. The quantitative estimate of drug-likeness (QED) is 0.470. The summed E-state index contributed by atoms with van der Waals surface area (Å²) in [4.78, 5) is 30.9. The second-order valence-electron chi connectivity index (χ2n) is 8.79. The highest BCUT2D eigenvalue weighted by Crippen LogP contribution is 2.44. The molecule has 1 amide bonds. The zero-order chi connectivity index (χ0) is 22.4. The van der Waals surface area contributed by atoms with E-state index in [-0.39, 0.29) is 11.6 Å². The molecule has 166 valence electrons. The lowest BCUT2D eigenvalue weighted by molar-refractivity contribution is 0.0208. The number of H-pyrrole nitrogens is 1. The van der Waals surface area contributed by atoms with Crippen molar-refractivity contribution in [2.45, 2.75) is 37.2 Å². The van der Waals surface area contributed by atoms with Gasteiger partial charge in [0.05, 0.1) is 23.3 Å². The highest BCUT2D eigenvalue weighted by atomic mass is 19.1. The van der Waals surface area contributed by atoms with Gasteiger partial charge in [-0.05, 0) is 62.1 Å². The largest absolute Gasteiger partial charge is 0.441 e. The summed E-state index contributed by atoms with van der Waals surface area (Å²) in [6, 6.07) is 14.1. The van der Waals surface area contributed by atoms with Crippen molar-refractivity contribution < 1.29 is 13.9 Å². The molecule has 6 rings (SSSR count). The highest BCUT2D eigenvalue weighted by Gasteiger charge is 2.48. The lowest BCUT2D eigenvalue weighted by atomic mass is 9.78. The third kappa shape index (κ3) is 3.51. The number of para-hydroxylation sites is 1. The van der Waals surface area contributed by atoms with Crippen LogP contribution in [0, 0.1) is 5.82 Å². The van der Waals surface area contributed by atoms with E-state index in [1.54, 1.807) is 36.7 Å². The Morgan fingerprint density at radius 3 is 2.64 bits per heavy atom. The molecule has 1 aliphatic carbocycles. The monoisotopic (exact) mass is 443 g/mol. The molecule has 1 saturated carbocycles. The van der Waals surface area contributed by atoms with Gasteiger partial charge in [-0.25, -0.2) is 24.1 Å². The molecule has 1 N–H and O–H groups in total. The summed E-state index contributed by atoms with van der Waals surface area (Å²) in [5, 5.41) is 0. The second-order valence-corrected chi connectivity index (χ2v) is 8.79. The molecule has 4 aromatic rings. The van der Waals surface area contributed by atoms with Crippen molar-refractivity contribution in [2.75, 3.05) is 11.4 Å². The summed E-state index contributed by atoms with van der Waals surface area (Å²) in [7, 11) is 0. The van der Waals surface area contributed by atoms with Crippen LogP contribution in [0.2, 0.25) is 0 Å². The van der Waals surface area contributed by atoms with Crippen LogP contribution in [0.25, 0.3) is 22.4 Å². The highest BCUT2D eigenvalue weighted by molar-refractivity contribution is 5.90. The molecule has 0 radical (unpaired) electrons. The Kier molecular flexibility index (Phi) is 4.60. The zero-order valence-electron chi connectivity index (χ0n) is 17.9. The maximum atomic E-state index is 14.2. The van der Waals surface area contributed by atoms with Crippen molar-refractivity contribution >= 4 is 22.8 Å². The number of amides is 1. The first-order valence-electron chi connectivity index (χ1n) is 11.1. The molecule has 2 fully saturated rings. The molecule has 3 heterocycles. The first-order chi connectivity index (χ1) is 16.1. The van der Waals surface area contributed by atoms with E-state index < -0.39 is 17.5 Å². The van der Waals surface area contributed by atoms with Crippen molar-refractivity contribution in [3.05, 3.63) is 72.6 Å². The summed E-state index contributed by atoms with van der Waals surface area (Å²) >= 11 is 0. The van der Waals surface area contributed by atoms with E-state index in [0.717, 1.165) is 35.3 Å². The van der Waals surface area contributed by atoms with Crippen LogP contribution in [0.3, 0.4) is 0 Å². The van der Waals surface area contributed by atoms with Crippen molar-refractivity contribution in [1.82, 2.24) is 19.9 Å². The normalized spacial score (nSPS) is 22.8. The number of fused-ring (bicyclic) bond motifs is 1. The minimum Gasteiger partial charge on any atom is -0.441 e. The average Bonchev–Trinajstić information content (AvgIpc) is 3.41. The molecule has 0 atom stereocenters. The van der Waals surface area contributed by atoms with Gasteiger partial charge in [0.15, 0.2) is 5.82 Å². The number of hydrogen-bond donors (Lipinski definition) is 1. The standard InChI is InChI=1S/C25H22FN5O2/c26-18-4-1-2-5-21(18)31-15-25(33-24(31)32)10-8-16(9-11-25)23-29-19-7-6-17(14-20(19)30-23)22-27-12-3-13-28-22/h1-7,12-14,16H,8-11,15H2,(H,29,30). The second kappa shape index (κ2) is 7.65. The lowest BCUT2D eigenvalue weighted by Gasteiger charge is -2.34. The fourth-order valence-corrected chi connectivity index (χ4v) is 4.96. The Bertz CT molecular complexity index is 1330. The van der Waals surface area contributed by atoms with Crippen molar-refractivity contribution in [3.8, 4) is 11.4 Å². The number of imidazole rings is 1. The molecule has 0 bridgehead atoms. The Morgan fingerprint density at radius 1 is 1.06 bits per heavy atom. The minimum atomic E-state index is -0.570.